The molecule has 0 aliphatic carbocycles. The lowest BCUT2D eigenvalue weighted by molar-refractivity contribution is 0.0747. The molecule has 0 bridgehead atoms. The number of hydrogen-bond acceptors (Lipinski definition) is 3. The first kappa shape index (κ1) is 16.5. The van der Waals surface area contributed by atoms with Crippen LogP contribution in [0.2, 0.25) is 5.02 Å². The van der Waals surface area contributed by atoms with Crippen molar-refractivity contribution in [3.05, 3.63) is 64.2 Å². The highest BCUT2D eigenvalue weighted by molar-refractivity contribution is 6.33. The number of aldehydes is 1. The van der Waals surface area contributed by atoms with Gasteiger partial charge in [-0.1, -0.05) is 23.7 Å². The smallest absolute Gasteiger partial charge is 0.255 e. The van der Waals surface area contributed by atoms with Crippen LogP contribution < -0.4 is 4.90 Å². The van der Waals surface area contributed by atoms with E-state index in [2.05, 4.69) is 4.90 Å². The van der Waals surface area contributed by atoms with Gasteiger partial charge in [-0.3, -0.25) is 9.59 Å². The molecule has 2 aromatic rings. The highest BCUT2D eigenvalue weighted by Crippen LogP contribution is 2.22. The summed E-state index contributed by atoms with van der Waals surface area (Å²) in [7, 11) is 0. The molecule has 0 aromatic heterocycles. The summed E-state index contributed by atoms with van der Waals surface area (Å²) in [6, 6.07) is 13.0. The summed E-state index contributed by atoms with van der Waals surface area (Å²) in [6.45, 7) is 4.76. The Hall–Kier alpha value is -2.33. The molecule has 0 N–H and O–H groups in total. The minimum Gasteiger partial charge on any atom is -0.368 e. The monoisotopic (exact) mass is 342 g/mol. The first-order valence-corrected chi connectivity index (χ1v) is 8.32. The molecule has 1 saturated heterocycles. The van der Waals surface area contributed by atoms with E-state index in [1.54, 1.807) is 12.1 Å². The Kier molecular flexibility index (Phi) is 4.86. The van der Waals surface area contributed by atoms with Crippen molar-refractivity contribution < 1.29 is 9.59 Å². The fraction of sp³-hybridized carbons (Fsp3) is 0.263. The third-order valence-corrected chi connectivity index (χ3v) is 4.75. The van der Waals surface area contributed by atoms with Crippen LogP contribution >= 0.6 is 11.6 Å². The SMILES string of the molecule is Cc1cc(N2CCN(C(=O)c3ccccc3Cl)CC2)ccc1C=O. The van der Waals surface area contributed by atoms with Gasteiger partial charge in [0.25, 0.3) is 5.91 Å². The predicted octanol–water partition coefficient (Wildman–Crippen LogP) is 3.42. The maximum atomic E-state index is 12.6. The van der Waals surface area contributed by atoms with Crippen molar-refractivity contribution in [1.29, 1.82) is 0 Å². The van der Waals surface area contributed by atoms with Crippen LogP contribution in [0.3, 0.4) is 0 Å². The number of hydrogen-bond donors (Lipinski definition) is 0. The molecule has 1 aliphatic heterocycles. The van der Waals surface area contributed by atoms with Gasteiger partial charge in [-0.25, -0.2) is 0 Å². The fourth-order valence-electron chi connectivity index (χ4n) is 2.96. The first-order chi connectivity index (χ1) is 11.6. The molecule has 4 nitrogen and oxygen atoms in total. The van der Waals surface area contributed by atoms with Crippen LogP contribution in [0.4, 0.5) is 5.69 Å². The fourth-order valence-corrected chi connectivity index (χ4v) is 3.18. The zero-order chi connectivity index (χ0) is 17.1. The van der Waals surface area contributed by atoms with E-state index < -0.39 is 0 Å². The topological polar surface area (TPSA) is 40.6 Å². The maximum Gasteiger partial charge on any atom is 0.255 e. The van der Waals surface area contributed by atoms with E-state index in [1.165, 1.54) is 0 Å². The molecule has 1 fully saturated rings. The second-order valence-corrected chi connectivity index (χ2v) is 6.33. The van der Waals surface area contributed by atoms with Gasteiger partial charge in [0.2, 0.25) is 0 Å². The van der Waals surface area contributed by atoms with Crippen LogP contribution in [-0.4, -0.2) is 43.3 Å². The van der Waals surface area contributed by atoms with Crippen molar-refractivity contribution in [3.63, 3.8) is 0 Å². The molecule has 24 heavy (non-hydrogen) atoms. The zero-order valence-corrected chi connectivity index (χ0v) is 14.3. The number of halogens is 1. The number of aryl methyl sites for hydroxylation is 1. The third kappa shape index (κ3) is 3.29. The van der Waals surface area contributed by atoms with Crippen LogP contribution in [-0.2, 0) is 0 Å². The molecule has 2 aromatic carbocycles. The predicted molar refractivity (Wildman–Crippen MR) is 96.1 cm³/mol. The molecule has 124 valence electrons. The van der Waals surface area contributed by atoms with E-state index in [0.29, 0.717) is 29.2 Å². The second-order valence-electron chi connectivity index (χ2n) is 5.92. The van der Waals surface area contributed by atoms with Gasteiger partial charge in [0.15, 0.2) is 0 Å². The van der Waals surface area contributed by atoms with Crippen LogP contribution in [0.15, 0.2) is 42.5 Å². The highest BCUT2D eigenvalue weighted by atomic mass is 35.5. The quantitative estimate of drug-likeness (QED) is 0.802. The zero-order valence-electron chi connectivity index (χ0n) is 13.5. The summed E-state index contributed by atoms with van der Waals surface area (Å²) in [6.07, 6.45) is 0.874. The Morgan fingerprint density at radius 2 is 1.79 bits per heavy atom. The summed E-state index contributed by atoms with van der Waals surface area (Å²) in [4.78, 5) is 27.6. The van der Waals surface area contributed by atoms with Gasteiger partial charge in [-0.2, -0.15) is 0 Å². The number of nitrogens with zero attached hydrogens (tertiary/aromatic N) is 2. The lowest BCUT2D eigenvalue weighted by Gasteiger charge is -2.36. The molecule has 3 rings (SSSR count). The first-order valence-electron chi connectivity index (χ1n) is 7.94. The maximum absolute atomic E-state index is 12.6. The van der Waals surface area contributed by atoms with Gasteiger partial charge in [-0.15, -0.1) is 0 Å². The number of amides is 1. The largest absolute Gasteiger partial charge is 0.368 e. The van der Waals surface area contributed by atoms with E-state index in [4.69, 9.17) is 11.6 Å². The molecule has 0 radical (unpaired) electrons. The van der Waals surface area contributed by atoms with Crippen molar-refractivity contribution in [3.8, 4) is 0 Å². The van der Waals surface area contributed by atoms with Crippen LogP contribution in [0.1, 0.15) is 26.3 Å². The second kappa shape index (κ2) is 7.05. The number of carbonyl (C=O) groups excluding carboxylic acids is 2. The molecule has 5 heteroatoms. The average Bonchev–Trinajstić information content (AvgIpc) is 2.61. The average molecular weight is 343 g/mol. The van der Waals surface area contributed by atoms with E-state index in [0.717, 1.165) is 30.6 Å². The Balaban J connectivity index is 1.68. The molecule has 0 saturated carbocycles. The van der Waals surface area contributed by atoms with E-state index in [-0.39, 0.29) is 5.91 Å². The molecular weight excluding hydrogens is 324 g/mol. The van der Waals surface area contributed by atoms with Crippen molar-refractivity contribution >= 4 is 29.5 Å². The Morgan fingerprint density at radius 3 is 2.42 bits per heavy atom. The van der Waals surface area contributed by atoms with Gasteiger partial charge in [0, 0.05) is 37.4 Å². The Bertz CT molecular complexity index is 768. The molecule has 0 atom stereocenters. The van der Waals surface area contributed by atoms with Gasteiger partial charge in [0.05, 0.1) is 10.6 Å². The lowest BCUT2D eigenvalue weighted by Crippen LogP contribution is -2.48. The minimum absolute atomic E-state index is 0.0206. The highest BCUT2D eigenvalue weighted by Gasteiger charge is 2.23. The molecule has 0 unspecified atom stereocenters. The Morgan fingerprint density at radius 1 is 1.08 bits per heavy atom. The molecule has 0 spiro atoms. The summed E-state index contributed by atoms with van der Waals surface area (Å²) >= 11 is 6.12. The van der Waals surface area contributed by atoms with Crippen molar-refractivity contribution in [2.45, 2.75) is 6.92 Å². The number of carbonyl (C=O) groups is 2. The molecular formula is C19H19ClN2O2. The minimum atomic E-state index is -0.0206. The van der Waals surface area contributed by atoms with E-state index in [1.807, 2.05) is 42.2 Å². The van der Waals surface area contributed by atoms with Gasteiger partial charge in [0.1, 0.15) is 6.29 Å². The number of rotatable bonds is 3. The Labute approximate surface area is 146 Å². The molecule has 1 amide bonds. The van der Waals surface area contributed by atoms with Crippen molar-refractivity contribution in [2.24, 2.45) is 0 Å². The standard InChI is InChI=1S/C19H19ClN2O2/c1-14-12-16(7-6-15(14)13-23)21-8-10-22(11-9-21)19(24)17-4-2-3-5-18(17)20/h2-7,12-13H,8-11H2,1H3. The number of anilines is 1. The van der Waals surface area contributed by atoms with E-state index >= 15 is 0 Å². The van der Waals surface area contributed by atoms with Gasteiger partial charge >= 0.3 is 0 Å². The van der Waals surface area contributed by atoms with Crippen LogP contribution in [0.25, 0.3) is 0 Å². The summed E-state index contributed by atoms with van der Waals surface area (Å²) in [5.41, 5.74) is 3.32. The number of piperazine rings is 1. The molecule has 1 aliphatic rings. The van der Waals surface area contributed by atoms with E-state index in [9.17, 15) is 9.59 Å². The number of benzene rings is 2. The normalized spacial score (nSPS) is 14.6. The van der Waals surface area contributed by atoms with Crippen LogP contribution in [0.5, 0.6) is 0 Å². The third-order valence-electron chi connectivity index (χ3n) is 4.42. The van der Waals surface area contributed by atoms with Gasteiger partial charge < -0.3 is 9.80 Å². The van der Waals surface area contributed by atoms with Crippen molar-refractivity contribution in [1.82, 2.24) is 4.90 Å². The summed E-state index contributed by atoms with van der Waals surface area (Å²) in [5, 5.41) is 0.491. The van der Waals surface area contributed by atoms with Crippen LogP contribution in [0, 0.1) is 6.92 Å². The summed E-state index contributed by atoms with van der Waals surface area (Å²) < 4.78 is 0. The lowest BCUT2D eigenvalue weighted by atomic mass is 10.1. The van der Waals surface area contributed by atoms with Gasteiger partial charge in [-0.05, 0) is 42.8 Å². The van der Waals surface area contributed by atoms with Crippen molar-refractivity contribution in [2.75, 3.05) is 31.1 Å². The summed E-state index contributed by atoms with van der Waals surface area (Å²) in [5.74, 6) is -0.0206. The molecule has 1 heterocycles.